The molecule has 0 bridgehead atoms. The molecule has 0 atom stereocenters. The molecule has 0 saturated carbocycles. The summed E-state index contributed by atoms with van der Waals surface area (Å²) in [6.45, 7) is 8.46. The Kier molecular flexibility index (Phi) is 6.26. The van der Waals surface area contributed by atoms with E-state index in [1.54, 1.807) is 13.4 Å². The van der Waals surface area contributed by atoms with Crippen LogP contribution >= 0.6 is 0 Å². The molecule has 0 radical (unpaired) electrons. The molecule has 2 N–H and O–H groups in total. The van der Waals surface area contributed by atoms with Gasteiger partial charge < -0.3 is 14.9 Å². The summed E-state index contributed by atoms with van der Waals surface area (Å²) in [5.74, 6) is 1.60. The highest BCUT2D eigenvalue weighted by atomic mass is 16.5. The van der Waals surface area contributed by atoms with Crippen LogP contribution in [0.25, 0.3) is 0 Å². The van der Waals surface area contributed by atoms with Crippen LogP contribution in [0.4, 0.5) is 0 Å². The Morgan fingerprint density at radius 3 is 2.82 bits per heavy atom. The zero-order valence-electron chi connectivity index (χ0n) is 11.1. The summed E-state index contributed by atoms with van der Waals surface area (Å²) in [5, 5.41) is 0. The first-order valence-electron chi connectivity index (χ1n) is 6.14. The van der Waals surface area contributed by atoms with Gasteiger partial charge in [-0.3, -0.25) is 4.90 Å². The second-order valence-electron chi connectivity index (χ2n) is 4.69. The molecule has 1 aromatic rings. The van der Waals surface area contributed by atoms with Crippen LogP contribution in [0.1, 0.15) is 25.2 Å². The highest BCUT2D eigenvalue weighted by Gasteiger charge is 2.12. The summed E-state index contributed by atoms with van der Waals surface area (Å²) in [6, 6.07) is 1.94. The SMILES string of the molecule is COCCN(Cc1occc1CN)CC(C)C. The fraction of sp³-hybridized carbons (Fsp3) is 0.692. The van der Waals surface area contributed by atoms with Gasteiger partial charge in [0.2, 0.25) is 0 Å². The van der Waals surface area contributed by atoms with Crippen molar-refractivity contribution in [2.75, 3.05) is 26.8 Å². The highest BCUT2D eigenvalue weighted by Crippen LogP contribution is 2.13. The third-order valence-electron chi connectivity index (χ3n) is 2.66. The van der Waals surface area contributed by atoms with Gasteiger partial charge in [-0.25, -0.2) is 0 Å². The van der Waals surface area contributed by atoms with Crippen LogP contribution in [-0.2, 0) is 17.8 Å². The first kappa shape index (κ1) is 14.2. The van der Waals surface area contributed by atoms with Crippen molar-refractivity contribution in [2.45, 2.75) is 26.9 Å². The van der Waals surface area contributed by atoms with Crippen molar-refractivity contribution in [1.82, 2.24) is 4.90 Å². The maximum Gasteiger partial charge on any atom is 0.122 e. The van der Waals surface area contributed by atoms with Crippen molar-refractivity contribution >= 4 is 0 Å². The van der Waals surface area contributed by atoms with Crippen molar-refractivity contribution in [3.63, 3.8) is 0 Å². The monoisotopic (exact) mass is 240 g/mol. The number of ether oxygens (including phenoxy) is 1. The first-order chi connectivity index (χ1) is 8.17. The first-order valence-corrected chi connectivity index (χ1v) is 6.14. The summed E-state index contributed by atoms with van der Waals surface area (Å²) in [6.07, 6.45) is 1.71. The molecule has 17 heavy (non-hydrogen) atoms. The predicted molar refractivity (Wildman–Crippen MR) is 68.6 cm³/mol. The van der Waals surface area contributed by atoms with E-state index in [9.17, 15) is 0 Å². The molecular weight excluding hydrogens is 216 g/mol. The Labute approximate surface area is 104 Å². The van der Waals surface area contributed by atoms with Crippen molar-refractivity contribution in [3.8, 4) is 0 Å². The van der Waals surface area contributed by atoms with Gasteiger partial charge in [0.25, 0.3) is 0 Å². The van der Waals surface area contributed by atoms with Crippen molar-refractivity contribution < 1.29 is 9.15 Å². The minimum absolute atomic E-state index is 0.533. The Morgan fingerprint density at radius 1 is 1.47 bits per heavy atom. The van der Waals surface area contributed by atoms with Crippen LogP contribution in [0, 0.1) is 5.92 Å². The standard InChI is InChI=1S/C13H24N2O2/c1-11(2)9-15(5-7-16-3)10-13-12(8-14)4-6-17-13/h4,6,11H,5,7-10,14H2,1-3H3. The molecule has 4 nitrogen and oxygen atoms in total. The summed E-state index contributed by atoms with van der Waals surface area (Å²) < 4.78 is 10.6. The fourth-order valence-electron chi connectivity index (χ4n) is 1.86. The van der Waals surface area contributed by atoms with Gasteiger partial charge >= 0.3 is 0 Å². The Bertz CT molecular complexity index is 310. The fourth-order valence-corrected chi connectivity index (χ4v) is 1.86. The molecule has 1 aromatic heterocycles. The zero-order valence-corrected chi connectivity index (χ0v) is 11.1. The van der Waals surface area contributed by atoms with Gasteiger partial charge in [0.15, 0.2) is 0 Å². The lowest BCUT2D eigenvalue weighted by atomic mass is 10.2. The van der Waals surface area contributed by atoms with E-state index in [1.165, 1.54) is 0 Å². The van der Waals surface area contributed by atoms with Crippen LogP contribution in [0.5, 0.6) is 0 Å². The Balaban J connectivity index is 2.58. The maximum atomic E-state index is 5.67. The zero-order chi connectivity index (χ0) is 12.7. The Morgan fingerprint density at radius 2 is 2.24 bits per heavy atom. The number of nitrogens with zero attached hydrogens (tertiary/aromatic N) is 1. The summed E-state index contributed by atoms with van der Waals surface area (Å²) in [5.41, 5.74) is 6.76. The third-order valence-corrected chi connectivity index (χ3v) is 2.66. The molecule has 0 unspecified atom stereocenters. The molecule has 0 saturated heterocycles. The van der Waals surface area contributed by atoms with Gasteiger partial charge in [-0.05, 0) is 12.0 Å². The van der Waals surface area contributed by atoms with Gasteiger partial charge in [0.1, 0.15) is 5.76 Å². The van der Waals surface area contributed by atoms with E-state index in [4.69, 9.17) is 14.9 Å². The van der Waals surface area contributed by atoms with Gasteiger partial charge in [-0.2, -0.15) is 0 Å². The molecule has 98 valence electrons. The van der Waals surface area contributed by atoms with Crippen molar-refractivity contribution in [2.24, 2.45) is 11.7 Å². The summed E-state index contributed by atoms with van der Waals surface area (Å²) in [7, 11) is 1.73. The Hall–Kier alpha value is -0.840. The largest absolute Gasteiger partial charge is 0.468 e. The number of nitrogens with two attached hydrogens (primary N) is 1. The summed E-state index contributed by atoms with van der Waals surface area (Å²) >= 11 is 0. The van der Waals surface area contributed by atoms with E-state index in [1.807, 2.05) is 6.07 Å². The number of furan rings is 1. The van der Waals surface area contributed by atoms with Gasteiger partial charge in [-0.15, -0.1) is 0 Å². The van der Waals surface area contributed by atoms with Gasteiger partial charge in [0, 0.05) is 32.3 Å². The lowest BCUT2D eigenvalue weighted by molar-refractivity contribution is 0.130. The average Bonchev–Trinajstić information content (AvgIpc) is 2.72. The van der Waals surface area contributed by atoms with E-state index in [0.29, 0.717) is 12.5 Å². The van der Waals surface area contributed by atoms with Crippen LogP contribution in [-0.4, -0.2) is 31.7 Å². The summed E-state index contributed by atoms with van der Waals surface area (Å²) in [4.78, 5) is 2.34. The van der Waals surface area contributed by atoms with Crippen molar-refractivity contribution in [1.29, 1.82) is 0 Å². The molecule has 0 aliphatic rings. The normalized spacial score (nSPS) is 11.6. The van der Waals surface area contributed by atoms with Crippen LogP contribution in [0.2, 0.25) is 0 Å². The lowest BCUT2D eigenvalue weighted by Crippen LogP contribution is -2.30. The van der Waals surface area contributed by atoms with Gasteiger partial charge in [-0.1, -0.05) is 13.8 Å². The molecule has 0 aliphatic carbocycles. The second kappa shape index (κ2) is 7.48. The molecule has 0 spiro atoms. The minimum Gasteiger partial charge on any atom is -0.468 e. The van der Waals surface area contributed by atoms with Crippen LogP contribution in [0.15, 0.2) is 16.7 Å². The molecule has 0 aliphatic heterocycles. The smallest absolute Gasteiger partial charge is 0.122 e. The predicted octanol–water partition coefficient (Wildman–Crippen LogP) is 1.84. The molecule has 1 rings (SSSR count). The topological polar surface area (TPSA) is 51.6 Å². The minimum atomic E-state index is 0.533. The second-order valence-corrected chi connectivity index (χ2v) is 4.69. The average molecular weight is 240 g/mol. The van der Waals surface area contributed by atoms with Crippen LogP contribution in [0.3, 0.4) is 0 Å². The number of methoxy groups -OCH3 is 1. The molecular formula is C13H24N2O2. The lowest BCUT2D eigenvalue weighted by Gasteiger charge is -2.23. The quantitative estimate of drug-likeness (QED) is 0.753. The number of rotatable bonds is 8. The van der Waals surface area contributed by atoms with E-state index < -0.39 is 0 Å². The molecule has 4 heteroatoms. The van der Waals surface area contributed by atoms with Crippen LogP contribution < -0.4 is 5.73 Å². The van der Waals surface area contributed by atoms with E-state index in [2.05, 4.69) is 18.7 Å². The molecule has 1 heterocycles. The van der Waals surface area contributed by atoms with Crippen molar-refractivity contribution in [3.05, 3.63) is 23.7 Å². The van der Waals surface area contributed by atoms with Gasteiger partial charge in [0.05, 0.1) is 19.4 Å². The molecule has 0 aromatic carbocycles. The third kappa shape index (κ3) is 4.89. The van der Waals surface area contributed by atoms with E-state index in [-0.39, 0.29) is 0 Å². The van der Waals surface area contributed by atoms with E-state index >= 15 is 0 Å². The number of hydrogen-bond donors (Lipinski definition) is 1. The maximum absolute atomic E-state index is 5.67. The molecule has 0 amide bonds. The van der Waals surface area contributed by atoms with E-state index in [0.717, 1.165) is 37.6 Å². The highest BCUT2D eigenvalue weighted by molar-refractivity contribution is 5.16. The molecule has 0 fully saturated rings. The number of hydrogen-bond acceptors (Lipinski definition) is 4.